The van der Waals surface area contributed by atoms with E-state index in [-0.39, 0.29) is 11.8 Å². The Hall–Kier alpha value is -2.13. The molecule has 3 heteroatoms. The largest absolute Gasteiger partial charge is 0.326 e. The van der Waals surface area contributed by atoms with Crippen molar-refractivity contribution in [3.8, 4) is 0 Å². The van der Waals surface area contributed by atoms with E-state index in [0.717, 1.165) is 44.6 Å². The number of anilines is 1. The number of para-hydroxylation sites is 1. The molecule has 0 aliphatic carbocycles. The average molecular weight is 336 g/mol. The highest BCUT2D eigenvalue weighted by Gasteiger charge is 2.25. The number of likely N-dealkylation sites (tertiary alicyclic amines) is 1. The molecule has 1 heterocycles. The third-order valence-corrected chi connectivity index (χ3v) is 5.00. The highest BCUT2D eigenvalue weighted by atomic mass is 16.1. The van der Waals surface area contributed by atoms with Crippen LogP contribution in [0, 0.1) is 11.8 Å². The lowest BCUT2D eigenvalue weighted by Gasteiger charge is -2.33. The predicted octanol–water partition coefficient (Wildman–Crippen LogP) is 4.22. The fourth-order valence-corrected chi connectivity index (χ4v) is 3.67. The van der Waals surface area contributed by atoms with E-state index >= 15 is 0 Å². The minimum absolute atomic E-state index is 0.140. The summed E-state index contributed by atoms with van der Waals surface area (Å²) in [6.07, 6.45) is 3.03. The van der Waals surface area contributed by atoms with Crippen LogP contribution >= 0.6 is 0 Å². The second-order valence-corrected chi connectivity index (χ2v) is 7.23. The zero-order valence-corrected chi connectivity index (χ0v) is 15.0. The van der Waals surface area contributed by atoms with Crippen molar-refractivity contribution < 1.29 is 4.79 Å². The van der Waals surface area contributed by atoms with Gasteiger partial charge in [-0.2, -0.15) is 0 Å². The van der Waals surface area contributed by atoms with Crippen molar-refractivity contribution in [2.24, 2.45) is 11.8 Å². The Labute approximate surface area is 151 Å². The smallest absolute Gasteiger partial charge is 0.227 e. The Morgan fingerprint density at radius 2 is 1.64 bits per heavy atom. The summed E-state index contributed by atoms with van der Waals surface area (Å²) in [5.41, 5.74) is 2.30. The number of amides is 1. The van der Waals surface area contributed by atoms with Crippen LogP contribution in [0.2, 0.25) is 0 Å². The average Bonchev–Trinajstić information content (AvgIpc) is 2.64. The summed E-state index contributed by atoms with van der Waals surface area (Å²) >= 11 is 0. The van der Waals surface area contributed by atoms with Gasteiger partial charge in [-0.15, -0.1) is 0 Å². The van der Waals surface area contributed by atoms with Crippen molar-refractivity contribution in [2.45, 2.75) is 26.2 Å². The highest BCUT2D eigenvalue weighted by Crippen LogP contribution is 2.21. The van der Waals surface area contributed by atoms with E-state index in [9.17, 15) is 4.79 Å². The van der Waals surface area contributed by atoms with Gasteiger partial charge < -0.3 is 10.2 Å². The number of nitrogens with one attached hydrogen (secondary N) is 1. The SMILES string of the molecule is C[C@@H](Cc1ccccc1)CN1CCC(C(=O)Nc2ccccc2)CC1. The van der Waals surface area contributed by atoms with Gasteiger partial charge in [-0.3, -0.25) is 4.79 Å². The Balaban J connectivity index is 1.41. The minimum atomic E-state index is 0.140. The van der Waals surface area contributed by atoms with Gasteiger partial charge >= 0.3 is 0 Å². The summed E-state index contributed by atoms with van der Waals surface area (Å²) in [5.74, 6) is 0.946. The molecule has 0 bridgehead atoms. The van der Waals surface area contributed by atoms with E-state index in [2.05, 4.69) is 47.5 Å². The van der Waals surface area contributed by atoms with Crippen LogP contribution in [0.4, 0.5) is 5.69 Å². The molecule has 132 valence electrons. The van der Waals surface area contributed by atoms with Crippen molar-refractivity contribution in [3.05, 3.63) is 66.2 Å². The zero-order chi connectivity index (χ0) is 17.5. The van der Waals surface area contributed by atoms with Gasteiger partial charge in [0.2, 0.25) is 5.91 Å². The van der Waals surface area contributed by atoms with E-state index < -0.39 is 0 Å². The monoisotopic (exact) mass is 336 g/mol. The molecule has 2 aromatic carbocycles. The maximum absolute atomic E-state index is 12.4. The molecule has 2 aromatic rings. The lowest BCUT2D eigenvalue weighted by molar-refractivity contribution is -0.121. The second kappa shape index (κ2) is 8.82. The molecule has 25 heavy (non-hydrogen) atoms. The molecule has 0 radical (unpaired) electrons. The van der Waals surface area contributed by atoms with Crippen LogP contribution in [0.15, 0.2) is 60.7 Å². The number of carbonyl (C=O) groups is 1. The molecular weight excluding hydrogens is 308 g/mol. The van der Waals surface area contributed by atoms with E-state index in [1.807, 2.05) is 30.3 Å². The van der Waals surface area contributed by atoms with E-state index in [0.29, 0.717) is 5.92 Å². The van der Waals surface area contributed by atoms with Crippen molar-refractivity contribution in [2.75, 3.05) is 25.0 Å². The number of piperidine rings is 1. The number of carbonyl (C=O) groups excluding carboxylic acids is 1. The lowest BCUT2D eigenvalue weighted by atomic mass is 9.94. The van der Waals surface area contributed by atoms with Crippen molar-refractivity contribution in [3.63, 3.8) is 0 Å². The van der Waals surface area contributed by atoms with Crippen LogP contribution in [0.1, 0.15) is 25.3 Å². The van der Waals surface area contributed by atoms with Gasteiger partial charge in [-0.25, -0.2) is 0 Å². The lowest BCUT2D eigenvalue weighted by Crippen LogP contribution is -2.40. The van der Waals surface area contributed by atoms with Gasteiger partial charge in [-0.05, 0) is 56.0 Å². The molecule has 3 nitrogen and oxygen atoms in total. The molecule has 3 rings (SSSR count). The first kappa shape index (κ1) is 17.7. The van der Waals surface area contributed by atoms with Crippen LogP contribution in [0.3, 0.4) is 0 Å². The number of hydrogen-bond acceptors (Lipinski definition) is 2. The van der Waals surface area contributed by atoms with E-state index in [1.165, 1.54) is 5.56 Å². The topological polar surface area (TPSA) is 32.3 Å². The van der Waals surface area contributed by atoms with Crippen molar-refractivity contribution in [1.82, 2.24) is 4.90 Å². The summed E-state index contributed by atoms with van der Waals surface area (Å²) in [4.78, 5) is 14.9. The third kappa shape index (κ3) is 5.43. The molecule has 1 aliphatic heterocycles. The Bertz CT molecular complexity index is 648. The molecule has 1 aliphatic rings. The fourth-order valence-electron chi connectivity index (χ4n) is 3.67. The Kier molecular flexibility index (Phi) is 6.24. The minimum Gasteiger partial charge on any atom is -0.326 e. The van der Waals surface area contributed by atoms with Gasteiger partial charge in [0.15, 0.2) is 0 Å². The molecule has 0 aromatic heterocycles. The van der Waals surface area contributed by atoms with Gasteiger partial charge in [0.1, 0.15) is 0 Å². The normalized spacial score (nSPS) is 17.2. The first-order chi connectivity index (χ1) is 12.2. The molecular formula is C22H28N2O. The maximum Gasteiger partial charge on any atom is 0.227 e. The van der Waals surface area contributed by atoms with Gasteiger partial charge in [0.25, 0.3) is 0 Å². The quantitative estimate of drug-likeness (QED) is 0.857. The van der Waals surface area contributed by atoms with Crippen LogP contribution in [-0.2, 0) is 11.2 Å². The standard InChI is InChI=1S/C22H28N2O/c1-18(16-19-8-4-2-5-9-19)17-24-14-12-20(13-15-24)22(25)23-21-10-6-3-7-11-21/h2-11,18,20H,12-17H2,1H3,(H,23,25)/t18-/m0/s1. The molecule has 0 spiro atoms. The molecule has 1 N–H and O–H groups in total. The first-order valence-electron chi connectivity index (χ1n) is 9.33. The summed E-state index contributed by atoms with van der Waals surface area (Å²) in [6, 6.07) is 20.4. The number of rotatable bonds is 6. The number of benzene rings is 2. The first-order valence-corrected chi connectivity index (χ1v) is 9.33. The summed E-state index contributed by atoms with van der Waals surface area (Å²) in [5, 5.41) is 3.04. The van der Waals surface area contributed by atoms with Crippen LogP contribution < -0.4 is 5.32 Å². The summed E-state index contributed by atoms with van der Waals surface area (Å²) < 4.78 is 0. The third-order valence-electron chi connectivity index (χ3n) is 5.00. The maximum atomic E-state index is 12.4. The van der Waals surface area contributed by atoms with Gasteiger partial charge in [0.05, 0.1) is 0 Å². The van der Waals surface area contributed by atoms with E-state index in [4.69, 9.17) is 0 Å². The van der Waals surface area contributed by atoms with Gasteiger partial charge in [-0.1, -0.05) is 55.5 Å². The van der Waals surface area contributed by atoms with E-state index in [1.54, 1.807) is 0 Å². The zero-order valence-electron chi connectivity index (χ0n) is 15.0. The molecule has 1 amide bonds. The molecule has 1 saturated heterocycles. The Morgan fingerprint density at radius 1 is 1.04 bits per heavy atom. The van der Waals surface area contributed by atoms with Crippen LogP contribution in [0.25, 0.3) is 0 Å². The second-order valence-electron chi connectivity index (χ2n) is 7.23. The predicted molar refractivity (Wildman–Crippen MR) is 104 cm³/mol. The Morgan fingerprint density at radius 3 is 2.28 bits per heavy atom. The molecule has 1 atom stereocenters. The number of nitrogens with zero attached hydrogens (tertiary/aromatic N) is 1. The van der Waals surface area contributed by atoms with Gasteiger partial charge in [0, 0.05) is 18.2 Å². The fraction of sp³-hybridized carbons (Fsp3) is 0.409. The molecule has 1 fully saturated rings. The molecule has 0 unspecified atom stereocenters. The molecule has 0 saturated carbocycles. The highest BCUT2D eigenvalue weighted by molar-refractivity contribution is 5.92. The van der Waals surface area contributed by atoms with Crippen LogP contribution in [0.5, 0.6) is 0 Å². The summed E-state index contributed by atoms with van der Waals surface area (Å²) in [6.45, 7) is 5.47. The number of hydrogen-bond donors (Lipinski definition) is 1. The van der Waals surface area contributed by atoms with Crippen molar-refractivity contribution in [1.29, 1.82) is 0 Å². The summed E-state index contributed by atoms with van der Waals surface area (Å²) in [7, 11) is 0. The van der Waals surface area contributed by atoms with Crippen LogP contribution in [-0.4, -0.2) is 30.4 Å². The van der Waals surface area contributed by atoms with Crippen molar-refractivity contribution >= 4 is 11.6 Å².